The number of halogens is 1. The Morgan fingerprint density at radius 1 is 1.13 bits per heavy atom. The van der Waals surface area contributed by atoms with Gasteiger partial charge in [0.1, 0.15) is 5.75 Å². The molecule has 7 nitrogen and oxygen atoms in total. The molecule has 2 aromatic carbocycles. The minimum absolute atomic E-state index is 0.194. The molecule has 0 radical (unpaired) electrons. The van der Waals surface area contributed by atoms with E-state index in [2.05, 4.69) is 10.2 Å². The van der Waals surface area contributed by atoms with Crippen molar-refractivity contribution in [3.63, 3.8) is 0 Å². The first-order valence-electron chi connectivity index (χ1n) is 9.28. The van der Waals surface area contributed by atoms with Crippen molar-refractivity contribution in [2.75, 3.05) is 20.2 Å². The number of aromatic nitrogens is 2. The number of ether oxygens (including phenoxy) is 1. The minimum atomic E-state index is -3.57. The Bertz CT molecular complexity index is 1110. The molecule has 30 heavy (non-hydrogen) atoms. The Balaban J connectivity index is 1.79. The smallest absolute Gasteiger partial charge is 0.277 e. The summed E-state index contributed by atoms with van der Waals surface area (Å²) >= 11 is 7.41. The second kappa shape index (κ2) is 9.82. The molecule has 0 N–H and O–H groups in total. The van der Waals surface area contributed by atoms with Gasteiger partial charge in [-0.1, -0.05) is 43.3 Å². The number of hydrogen-bond acceptors (Lipinski definition) is 7. The van der Waals surface area contributed by atoms with E-state index in [-0.39, 0.29) is 10.8 Å². The van der Waals surface area contributed by atoms with Crippen LogP contribution in [-0.4, -0.2) is 43.1 Å². The lowest BCUT2D eigenvalue weighted by Gasteiger charge is -2.18. The summed E-state index contributed by atoms with van der Waals surface area (Å²) in [5, 5.41) is 9.10. The topological polar surface area (TPSA) is 85.5 Å². The van der Waals surface area contributed by atoms with Gasteiger partial charge < -0.3 is 9.15 Å². The second-order valence-electron chi connectivity index (χ2n) is 6.24. The maximum atomic E-state index is 12.8. The van der Waals surface area contributed by atoms with Gasteiger partial charge >= 0.3 is 0 Å². The first-order valence-corrected chi connectivity index (χ1v) is 12.1. The molecule has 0 atom stereocenters. The van der Waals surface area contributed by atoms with Crippen LogP contribution in [0.1, 0.15) is 19.4 Å². The molecule has 0 aliphatic heterocycles. The van der Waals surface area contributed by atoms with Crippen molar-refractivity contribution in [2.45, 2.75) is 29.7 Å². The van der Waals surface area contributed by atoms with Crippen molar-refractivity contribution in [3.8, 4) is 17.2 Å². The molecule has 0 aliphatic carbocycles. The van der Waals surface area contributed by atoms with Crippen molar-refractivity contribution in [3.05, 3.63) is 53.1 Å². The van der Waals surface area contributed by atoms with E-state index >= 15 is 0 Å². The molecule has 0 bridgehead atoms. The maximum absolute atomic E-state index is 12.8. The van der Waals surface area contributed by atoms with Crippen molar-refractivity contribution >= 4 is 33.4 Å². The molecule has 1 heterocycles. The first-order chi connectivity index (χ1) is 14.4. The molecule has 0 saturated heterocycles. The van der Waals surface area contributed by atoms with E-state index in [1.807, 2.05) is 6.07 Å². The molecular weight excluding hydrogens is 446 g/mol. The van der Waals surface area contributed by atoms with E-state index in [1.165, 1.54) is 16.1 Å². The average molecular weight is 468 g/mol. The monoisotopic (exact) mass is 467 g/mol. The summed E-state index contributed by atoms with van der Waals surface area (Å²) in [4.78, 5) is 0.194. The summed E-state index contributed by atoms with van der Waals surface area (Å²) in [5.74, 6) is 1.51. The van der Waals surface area contributed by atoms with Gasteiger partial charge in [-0.05, 0) is 36.4 Å². The lowest BCUT2D eigenvalue weighted by atomic mass is 10.2. The Labute approximate surface area is 185 Å². The number of sulfonamides is 1. The molecule has 10 heteroatoms. The van der Waals surface area contributed by atoms with Crippen LogP contribution < -0.4 is 4.74 Å². The van der Waals surface area contributed by atoms with Gasteiger partial charge in [-0.25, -0.2) is 8.42 Å². The highest BCUT2D eigenvalue weighted by molar-refractivity contribution is 7.98. The lowest BCUT2D eigenvalue weighted by molar-refractivity contribution is 0.411. The third-order valence-corrected chi connectivity index (χ3v) is 7.57. The molecule has 0 amide bonds. The van der Waals surface area contributed by atoms with Gasteiger partial charge in [0.2, 0.25) is 15.9 Å². The van der Waals surface area contributed by atoms with Crippen LogP contribution in [0, 0.1) is 0 Å². The molecule has 3 rings (SSSR count). The molecule has 0 unspecified atom stereocenters. The van der Waals surface area contributed by atoms with Gasteiger partial charge in [-0.2, -0.15) is 4.31 Å². The summed E-state index contributed by atoms with van der Waals surface area (Å²) in [6.45, 7) is 4.41. The van der Waals surface area contributed by atoms with Crippen LogP contribution in [0.4, 0.5) is 0 Å². The average Bonchev–Trinajstić information content (AvgIpc) is 3.22. The highest BCUT2D eigenvalue weighted by atomic mass is 35.5. The van der Waals surface area contributed by atoms with Gasteiger partial charge in [0.15, 0.2) is 0 Å². The number of benzene rings is 2. The number of rotatable bonds is 9. The zero-order valence-corrected chi connectivity index (χ0v) is 19.2. The summed E-state index contributed by atoms with van der Waals surface area (Å²) in [6, 6.07) is 11.9. The molecule has 160 valence electrons. The van der Waals surface area contributed by atoms with Gasteiger partial charge in [-0.3, -0.25) is 0 Å². The van der Waals surface area contributed by atoms with E-state index in [9.17, 15) is 8.42 Å². The zero-order chi connectivity index (χ0) is 21.7. The predicted octanol–water partition coefficient (Wildman–Crippen LogP) is 4.72. The van der Waals surface area contributed by atoms with Crippen LogP contribution in [0.3, 0.4) is 0 Å². The fourth-order valence-corrected chi connectivity index (χ4v) is 5.33. The van der Waals surface area contributed by atoms with Crippen LogP contribution in [-0.2, 0) is 15.8 Å². The van der Waals surface area contributed by atoms with E-state index < -0.39 is 10.0 Å². The third kappa shape index (κ3) is 4.97. The Morgan fingerprint density at radius 2 is 1.90 bits per heavy atom. The Morgan fingerprint density at radius 3 is 2.60 bits per heavy atom. The normalized spacial score (nSPS) is 11.8. The summed E-state index contributed by atoms with van der Waals surface area (Å²) in [6.07, 6.45) is 0. The summed E-state index contributed by atoms with van der Waals surface area (Å²) < 4.78 is 38.0. The fraction of sp³-hybridized carbons (Fsp3) is 0.300. The largest absolute Gasteiger partial charge is 0.496 e. The zero-order valence-electron chi connectivity index (χ0n) is 16.8. The summed E-state index contributed by atoms with van der Waals surface area (Å²) in [7, 11) is -1.97. The summed E-state index contributed by atoms with van der Waals surface area (Å²) in [5.41, 5.74) is 1.45. The molecule has 0 saturated carbocycles. The molecular formula is C20H22ClN3O4S2. The van der Waals surface area contributed by atoms with Crippen molar-refractivity contribution in [2.24, 2.45) is 0 Å². The fourth-order valence-electron chi connectivity index (χ4n) is 2.89. The number of methoxy groups -OCH3 is 1. The van der Waals surface area contributed by atoms with Crippen LogP contribution in [0.25, 0.3) is 11.5 Å². The molecule has 0 spiro atoms. The Kier molecular flexibility index (Phi) is 7.41. The van der Waals surface area contributed by atoms with E-state index in [0.717, 1.165) is 11.3 Å². The van der Waals surface area contributed by atoms with Crippen LogP contribution in [0.2, 0.25) is 5.02 Å². The van der Waals surface area contributed by atoms with E-state index in [1.54, 1.807) is 57.4 Å². The van der Waals surface area contributed by atoms with E-state index in [4.69, 9.17) is 20.8 Å². The molecule has 0 aliphatic rings. The van der Waals surface area contributed by atoms with Crippen molar-refractivity contribution < 1.29 is 17.6 Å². The van der Waals surface area contributed by atoms with Crippen molar-refractivity contribution in [1.82, 2.24) is 14.5 Å². The number of nitrogens with zero attached hydrogens (tertiary/aromatic N) is 3. The maximum Gasteiger partial charge on any atom is 0.277 e. The van der Waals surface area contributed by atoms with Crippen LogP contribution in [0.5, 0.6) is 5.75 Å². The minimum Gasteiger partial charge on any atom is -0.496 e. The second-order valence-corrected chi connectivity index (χ2v) is 9.54. The standard InChI is InChI=1S/C20H22ClN3O4S2/c1-4-24(5-2)30(25,26)17-8-6-7-14(12-17)19-22-23-20(28-19)29-13-15-11-16(21)9-10-18(15)27-3/h6-12H,4-5,13H2,1-3H3. The first kappa shape index (κ1) is 22.6. The van der Waals surface area contributed by atoms with Gasteiger partial charge in [-0.15, -0.1) is 10.2 Å². The molecule has 1 aromatic heterocycles. The Hall–Kier alpha value is -2.07. The highest BCUT2D eigenvalue weighted by Crippen LogP contribution is 2.31. The molecule has 0 fully saturated rings. The number of hydrogen-bond donors (Lipinski definition) is 0. The predicted molar refractivity (Wildman–Crippen MR) is 117 cm³/mol. The van der Waals surface area contributed by atoms with Crippen LogP contribution in [0.15, 0.2) is 57.0 Å². The van der Waals surface area contributed by atoms with Gasteiger partial charge in [0.05, 0.1) is 12.0 Å². The quantitative estimate of drug-likeness (QED) is 0.421. The van der Waals surface area contributed by atoms with E-state index in [0.29, 0.717) is 34.7 Å². The lowest BCUT2D eigenvalue weighted by Crippen LogP contribution is -2.30. The van der Waals surface area contributed by atoms with Crippen molar-refractivity contribution in [1.29, 1.82) is 0 Å². The van der Waals surface area contributed by atoms with Gasteiger partial charge in [0, 0.05) is 35.0 Å². The molecule has 3 aromatic rings. The van der Waals surface area contributed by atoms with Gasteiger partial charge in [0.25, 0.3) is 5.22 Å². The third-order valence-electron chi connectivity index (χ3n) is 4.42. The highest BCUT2D eigenvalue weighted by Gasteiger charge is 2.22. The number of thioether (sulfide) groups is 1. The van der Waals surface area contributed by atoms with Crippen LogP contribution >= 0.6 is 23.4 Å². The SMILES string of the molecule is CCN(CC)S(=O)(=O)c1cccc(-c2nnc(SCc3cc(Cl)ccc3OC)o2)c1.